The van der Waals surface area contributed by atoms with Gasteiger partial charge in [0.15, 0.2) is 0 Å². The lowest BCUT2D eigenvalue weighted by atomic mass is 9.86. The molecule has 1 amide bonds. The molecule has 0 fully saturated rings. The van der Waals surface area contributed by atoms with Gasteiger partial charge < -0.3 is 5.32 Å². The highest BCUT2D eigenvalue weighted by Gasteiger charge is 2.31. The summed E-state index contributed by atoms with van der Waals surface area (Å²) < 4.78 is 0. The number of nitrogens with one attached hydrogen (secondary N) is 1. The van der Waals surface area contributed by atoms with Crippen LogP contribution in [0.25, 0.3) is 5.57 Å². The Kier molecular flexibility index (Phi) is 5.57. The number of amides is 1. The van der Waals surface area contributed by atoms with Gasteiger partial charge >= 0.3 is 0 Å². The fraction of sp³-hybridized carbons (Fsp3) is 0.500. The van der Waals surface area contributed by atoms with Crippen LogP contribution < -0.4 is 5.32 Å². The SMILES string of the molecule is CCCN1CCC(c2ccccc2)=C(C(=O)NC)C1CC. The van der Waals surface area contributed by atoms with Crippen molar-refractivity contribution in [1.29, 1.82) is 0 Å². The maximum atomic E-state index is 12.5. The summed E-state index contributed by atoms with van der Waals surface area (Å²) in [6.07, 6.45) is 3.04. The first kappa shape index (κ1) is 15.8. The van der Waals surface area contributed by atoms with Gasteiger partial charge in [0.05, 0.1) is 0 Å². The molecular weight excluding hydrogens is 260 g/mol. The van der Waals surface area contributed by atoms with Gasteiger partial charge in [-0.3, -0.25) is 9.69 Å². The van der Waals surface area contributed by atoms with Gasteiger partial charge in [-0.2, -0.15) is 0 Å². The van der Waals surface area contributed by atoms with E-state index in [-0.39, 0.29) is 11.9 Å². The molecular formula is C18H26N2O. The van der Waals surface area contributed by atoms with E-state index in [4.69, 9.17) is 0 Å². The van der Waals surface area contributed by atoms with Crippen molar-refractivity contribution in [3.8, 4) is 0 Å². The zero-order valence-corrected chi connectivity index (χ0v) is 13.4. The van der Waals surface area contributed by atoms with Crippen LogP contribution in [0.15, 0.2) is 35.9 Å². The number of rotatable bonds is 5. The van der Waals surface area contributed by atoms with Crippen molar-refractivity contribution in [3.63, 3.8) is 0 Å². The summed E-state index contributed by atoms with van der Waals surface area (Å²) in [4.78, 5) is 14.9. The second-order valence-electron chi connectivity index (χ2n) is 5.55. The van der Waals surface area contributed by atoms with Gasteiger partial charge in [-0.05, 0) is 36.9 Å². The van der Waals surface area contributed by atoms with E-state index in [0.29, 0.717) is 0 Å². The normalized spacial score (nSPS) is 19.7. The monoisotopic (exact) mass is 286 g/mol. The van der Waals surface area contributed by atoms with E-state index < -0.39 is 0 Å². The molecule has 3 heteroatoms. The Labute approximate surface area is 128 Å². The Hall–Kier alpha value is -1.61. The molecule has 1 unspecified atom stereocenters. The Bertz CT molecular complexity index is 507. The Morgan fingerprint density at radius 2 is 2.00 bits per heavy atom. The largest absolute Gasteiger partial charge is 0.355 e. The molecule has 1 heterocycles. The number of carbonyl (C=O) groups excluding carboxylic acids is 1. The topological polar surface area (TPSA) is 32.3 Å². The third-order valence-corrected chi connectivity index (χ3v) is 4.24. The molecule has 0 aromatic heterocycles. The quantitative estimate of drug-likeness (QED) is 0.902. The van der Waals surface area contributed by atoms with E-state index in [0.717, 1.165) is 37.9 Å². The van der Waals surface area contributed by atoms with Crippen LogP contribution in [0.5, 0.6) is 0 Å². The van der Waals surface area contributed by atoms with Crippen LogP contribution in [0.1, 0.15) is 38.7 Å². The average molecular weight is 286 g/mol. The van der Waals surface area contributed by atoms with Crippen LogP contribution in [0.4, 0.5) is 0 Å². The van der Waals surface area contributed by atoms with E-state index in [1.807, 2.05) is 18.2 Å². The second kappa shape index (κ2) is 7.41. The smallest absolute Gasteiger partial charge is 0.248 e. The first-order chi connectivity index (χ1) is 10.2. The molecule has 1 N–H and O–H groups in total. The molecule has 0 spiro atoms. The maximum Gasteiger partial charge on any atom is 0.248 e. The Morgan fingerprint density at radius 3 is 2.57 bits per heavy atom. The van der Waals surface area contributed by atoms with Gasteiger partial charge in [-0.15, -0.1) is 0 Å². The van der Waals surface area contributed by atoms with Crippen LogP contribution in [-0.2, 0) is 4.79 Å². The molecule has 0 saturated heterocycles. The van der Waals surface area contributed by atoms with Crippen LogP contribution >= 0.6 is 0 Å². The summed E-state index contributed by atoms with van der Waals surface area (Å²) >= 11 is 0. The minimum atomic E-state index is 0.0708. The summed E-state index contributed by atoms with van der Waals surface area (Å²) in [5.74, 6) is 0.0708. The summed E-state index contributed by atoms with van der Waals surface area (Å²) in [6.45, 7) is 6.46. The summed E-state index contributed by atoms with van der Waals surface area (Å²) in [6, 6.07) is 10.6. The Morgan fingerprint density at radius 1 is 1.29 bits per heavy atom. The minimum Gasteiger partial charge on any atom is -0.355 e. The number of benzene rings is 1. The summed E-state index contributed by atoms with van der Waals surface area (Å²) in [5.41, 5.74) is 3.37. The van der Waals surface area contributed by atoms with Crippen molar-refractivity contribution in [1.82, 2.24) is 10.2 Å². The molecule has 0 radical (unpaired) electrons. The highest BCUT2D eigenvalue weighted by Crippen LogP contribution is 2.32. The minimum absolute atomic E-state index is 0.0708. The van der Waals surface area contributed by atoms with Gasteiger partial charge in [0.2, 0.25) is 5.91 Å². The van der Waals surface area contributed by atoms with Crippen LogP contribution in [0.3, 0.4) is 0 Å². The van der Waals surface area contributed by atoms with Gasteiger partial charge in [0.1, 0.15) is 0 Å². The second-order valence-corrected chi connectivity index (χ2v) is 5.55. The molecule has 3 nitrogen and oxygen atoms in total. The highest BCUT2D eigenvalue weighted by molar-refractivity contribution is 6.02. The summed E-state index contributed by atoms with van der Waals surface area (Å²) in [5, 5.41) is 2.84. The average Bonchev–Trinajstić information content (AvgIpc) is 2.54. The van der Waals surface area contributed by atoms with Crippen LogP contribution in [0, 0.1) is 0 Å². The summed E-state index contributed by atoms with van der Waals surface area (Å²) in [7, 11) is 1.73. The van der Waals surface area contributed by atoms with Crippen LogP contribution in [-0.4, -0.2) is 37.0 Å². The third kappa shape index (κ3) is 3.35. The fourth-order valence-corrected chi connectivity index (χ4v) is 3.31. The standard InChI is InChI=1S/C18H26N2O/c1-4-12-20-13-11-15(14-9-7-6-8-10-14)17(16(20)5-2)18(21)19-3/h6-10,16H,4-5,11-13H2,1-3H3,(H,19,21). The predicted octanol–water partition coefficient (Wildman–Crippen LogP) is 3.08. The number of hydrogen-bond acceptors (Lipinski definition) is 2. The van der Waals surface area contributed by atoms with Gasteiger partial charge in [0, 0.05) is 25.2 Å². The molecule has 21 heavy (non-hydrogen) atoms. The van der Waals surface area contributed by atoms with E-state index in [9.17, 15) is 4.79 Å². The molecule has 114 valence electrons. The zero-order valence-electron chi connectivity index (χ0n) is 13.4. The predicted molar refractivity (Wildman–Crippen MR) is 88.0 cm³/mol. The van der Waals surface area contributed by atoms with E-state index in [2.05, 4.69) is 36.2 Å². The lowest BCUT2D eigenvalue weighted by molar-refractivity contribution is -0.117. The molecule has 1 aromatic rings. The van der Waals surface area contributed by atoms with Crippen molar-refractivity contribution in [2.24, 2.45) is 0 Å². The fourth-order valence-electron chi connectivity index (χ4n) is 3.31. The molecule has 1 atom stereocenters. The molecule has 1 aliphatic heterocycles. The molecule has 2 rings (SSSR count). The lowest BCUT2D eigenvalue weighted by Crippen LogP contribution is -2.45. The maximum absolute atomic E-state index is 12.5. The zero-order chi connectivity index (χ0) is 15.2. The molecule has 0 bridgehead atoms. The number of likely N-dealkylation sites (N-methyl/N-ethyl adjacent to an activating group) is 1. The van der Waals surface area contributed by atoms with Crippen molar-refractivity contribution in [2.45, 2.75) is 39.2 Å². The Balaban J connectivity index is 2.48. The molecule has 0 aliphatic carbocycles. The van der Waals surface area contributed by atoms with Crippen molar-refractivity contribution in [3.05, 3.63) is 41.5 Å². The molecule has 1 aromatic carbocycles. The van der Waals surface area contributed by atoms with E-state index >= 15 is 0 Å². The molecule has 1 aliphatic rings. The third-order valence-electron chi connectivity index (χ3n) is 4.24. The van der Waals surface area contributed by atoms with Gasteiger partial charge in [-0.1, -0.05) is 44.2 Å². The molecule has 0 saturated carbocycles. The van der Waals surface area contributed by atoms with E-state index in [1.165, 1.54) is 11.1 Å². The first-order valence-electron chi connectivity index (χ1n) is 7.97. The lowest BCUT2D eigenvalue weighted by Gasteiger charge is -2.38. The highest BCUT2D eigenvalue weighted by atomic mass is 16.1. The van der Waals surface area contributed by atoms with Crippen molar-refractivity contribution < 1.29 is 4.79 Å². The van der Waals surface area contributed by atoms with Crippen LogP contribution in [0.2, 0.25) is 0 Å². The number of carbonyl (C=O) groups is 1. The first-order valence-corrected chi connectivity index (χ1v) is 7.97. The number of nitrogens with zero attached hydrogens (tertiary/aromatic N) is 1. The number of hydrogen-bond donors (Lipinski definition) is 1. The van der Waals surface area contributed by atoms with E-state index in [1.54, 1.807) is 7.05 Å². The van der Waals surface area contributed by atoms with Crippen molar-refractivity contribution in [2.75, 3.05) is 20.1 Å². The van der Waals surface area contributed by atoms with Gasteiger partial charge in [-0.25, -0.2) is 0 Å². The van der Waals surface area contributed by atoms with Gasteiger partial charge in [0.25, 0.3) is 0 Å². The van der Waals surface area contributed by atoms with Crippen molar-refractivity contribution >= 4 is 11.5 Å².